The summed E-state index contributed by atoms with van der Waals surface area (Å²) in [6, 6.07) is 2.40. The van der Waals surface area contributed by atoms with Gasteiger partial charge in [-0.15, -0.1) is 0 Å². The van der Waals surface area contributed by atoms with E-state index in [0.717, 1.165) is 50.3 Å². The van der Waals surface area contributed by atoms with Gasteiger partial charge >= 0.3 is 0 Å². The highest BCUT2D eigenvalue weighted by molar-refractivity contribution is 7.89. The average molecular weight is 384 g/mol. The lowest BCUT2D eigenvalue weighted by atomic mass is 9.47. The average Bonchev–Trinajstić information content (AvgIpc) is 2.55. The van der Waals surface area contributed by atoms with Gasteiger partial charge in [0.05, 0.1) is 0 Å². The number of sulfonamides is 1. The second kappa shape index (κ2) is 6.55. The summed E-state index contributed by atoms with van der Waals surface area (Å²) in [5.74, 6) is 0.469. The summed E-state index contributed by atoms with van der Waals surface area (Å²) in [7, 11) is -4.09. The van der Waals surface area contributed by atoms with Crippen LogP contribution in [0.4, 0.5) is 8.78 Å². The van der Waals surface area contributed by atoms with Gasteiger partial charge in [-0.3, -0.25) is 0 Å². The maximum atomic E-state index is 14.1. The Balaban J connectivity index is 1.64. The summed E-state index contributed by atoms with van der Waals surface area (Å²) in [5, 5.41) is 0. The Morgan fingerprint density at radius 3 is 2.23 bits per heavy atom. The highest BCUT2D eigenvalue weighted by atomic mass is 32.2. The molecule has 0 heterocycles. The maximum absolute atomic E-state index is 14.1. The fraction of sp³-hybridized carbons (Fsp3) is 0.700. The van der Waals surface area contributed by atoms with Gasteiger partial charge in [-0.25, -0.2) is 21.9 Å². The van der Waals surface area contributed by atoms with Crippen LogP contribution in [0.1, 0.15) is 58.3 Å². The normalized spacial score (nSPS) is 34.2. The van der Waals surface area contributed by atoms with Crippen LogP contribution in [0, 0.1) is 34.8 Å². The highest BCUT2D eigenvalue weighted by Gasteiger charge is 2.54. The van der Waals surface area contributed by atoms with Crippen LogP contribution in [0.25, 0.3) is 0 Å². The summed E-state index contributed by atoms with van der Waals surface area (Å²) in [6.07, 6.45) is 8.65. The van der Waals surface area contributed by atoms with Gasteiger partial charge in [0.15, 0.2) is 0 Å². The Kier molecular flexibility index (Phi) is 4.63. The van der Waals surface area contributed by atoms with E-state index in [4.69, 9.17) is 0 Å². The van der Waals surface area contributed by atoms with Crippen molar-refractivity contribution < 1.29 is 17.2 Å². The number of hydrogen-bond acceptors (Lipinski definition) is 2. The maximum Gasteiger partial charge on any atom is 0.243 e. The molecular formula is C20H27F2NO2S. The number of benzene rings is 1. The van der Waals surface area contributed by atoms with Crippen LogP contribution in [-0.4, -0.2) is 14.5 Å². The predicted molar refractivity (Wildman–Crippen MR) is 96.0 cm³/mol. The molecule has 0 radical (unpaired) electrons. The minimum atomic E-state index is -4.09. The van der Waals surface area contributed by atoms with Crippen LogP contribution in [0.3, 0.4) is 0 Å². The van der Waals surface area contributed by atoms with Crippen molar-refractivity contribution in [2.45, 2.75) is 69.2 Å². The summed E-state index contributed by atoms with van der Waals surface area (Å²) >= 11 is 0. The molecule has 0 amide bonds. The topological polar surface area (TPSA) is 46.2 Å². The zero-order valence-corrected chi connectivity index (χ0v) is 16.0. The van der Waals surface area contributed by atoms with Crippen molar-refractivity contribution in [1.82, 2.24) is 4.72 Å². The van der Waals surface area contributed by atoms with Gasteiger partial charge in [-0.1, -0.05) is 13.3 Å². The summed E-state index contributed by atoms with van der Waals surface area (Å²) < 4.78 is 56.1. The molecule has 1 unspecified atom stereocenters. The third kappa shape index (κ3) is 3.19. The van der Waals surface area contributed by atoms with Gasteiger partial charge in [0.25, 0.3) is 0 Å². The molecule has 0 saturated heterocycles. The third-order valence-electron chi connectivity index (χ3n) is 6.88. The minimum Gasteiger partial charge on any atom is -0.207 e. The van der Waals surface area contributed by atoms with Crippen molar-refractivity contribution in [3.63, 3.8) is 0 Å². The Bertz CT molecular complexity index is 758. The van der Waals surface area contributed by atoms with Gasteiger partial charge in [0, 0.05) is 6.04 Å². The van der Waals surface area contributed by atoms with Crippen molar-refractivity contribution in [1.29, 1.82) is 0 Å². The van der Waals surface area contributed by atoms with Crippen molar-refractivity contribution in [2.24, 2.45) is 23.2 Å². The van der Waals surface area contributed by atoms with E-state index in [2.05, 4.69) is 4.72 Å². The first-order chi connectivity index (χ1) is 12.3. The predicted octanol–water partition coefficient (Wildman–Crippen LogP) is 4.63. The van der Waals surface area contributed by atoms with Gasteiger partial charge in [-0.2, -0.15) is 0 Å². The molecule has 1 atom stereocenters. The molecular weight excluding hydrogens is 356 g/mol. The smallest absolute Gasteiger partial charge is 0.207 e. The van der Waals surface area contributed by atoms with Crippen molar-refractivity contribution in [3.05, 3.63) is 29.8 Å². The number of rotatable bonds is 6. The molecule has 4 bridgehead atoms. The lowest BCUT2D eigenvalue weighted by Gasteiger charge is -2.59. The Morgan fingerprint density at radius 2 is 1.69 bits per heavy atom. The van der Waals surface area contributed by atoms with Gasteiger partial charge in [0.2, 0.25) is 10.0 Å². The van der Waals surface area contributed by atoms with Crippen LogP contribution in [0.15, 0.2) is 23.1 Å². The molecule has 1 N–H and O–H groups in total. The van der Waals surface area contributed by atoms with Crippen molar-refractivity contribution >= 4 is 10.0 Å². The van der Waals surface area contributed by atoms with E-state index in [1.165, 1.54) is 19.3 Å². The minimum absolute atomic E-state index is 0.0123. The first-order valence-electron chi connectivity index (χ1n) is 9.79. The molecule has 26 heavy (non-hydrogen) atoms. The van der Waals surface area contributed by atoms with Crippen LogP contribution < -0.4 is 4.72 Å². The quantitative estimate of drug-likeness (QED) is 0.779. The molecule has 1 aromatic rings. The van der Waals surface area contributed by atoms with Gasteiger partial charge < -0.3 is 0 Å². The standard InChI is InChI=1S/C20H27F2NO2S/c1-2-3-19(20-10-13-6-14(11-20)8-15(7-13)12-20)23-26(24,25)18-9-16(21)4-5-17(18)22/h4-5,9,13-15,19,23H,2-3,6-8,10-12H2,1H3. The lowest BCUT2D eigenvalue weighted by molar-refractivity contribution is -0.0713. The fourth-order valence-corrected chi connectivity index (χ4v) is 7.78. The molecule has 4 fully saturated rings. The lowest BCUT2D eigenvalue weighted by Crippen LogP contribution is -2.56. The molecule has 1 aromatic carbocycles. The second-order valence-electron chi connectivity index (χ2n) is 8.82. The van der Waals surface area contributed by atoms with Crippen LogP contribution >= 0.6 is 0 Å². The van der Waals surface area contributed by atoms with E-state index in [0.29, 0.717) is 17.8 Å². The molecule has 6 heteroatoms. The van der Waals surface area contributed by atoms with E-state index in [1.54, 1.807) is 0 Å². The summed E-state index contributed by atoms with van der Waals surface area (Å²) in [5.41, 5.74) is -0.0123. The molecule has 4 aliphatic carbocycles. The zero-order valence-electron chi connectivity index (χ0n) is 15.2. The Labute approximate surface area is 154 Å². The van der Waals surface area contributed by atoms with Crippen LogP contribution in [-0.2, 0) is 10.0 Å². The Morgan fingerprint density at radius 1 is 1.12 bits per heavy atom. The molecule has 4 aliphatic rings. The number of hydrogen-bond donors (Lipinski definition) is 1. The van der Waals surface area contributed by atoms with Crippen molar-refractivity contribution in [2.75, 3.05) is 0 Å². The largest absolute Gasteiger partial charge is 0.243 e. The number of halogens is 2. The SMILES string of the molecule is CCCC(NS(=O)(=O)c1cc(F)ccc1F)C12CC3CC(CC(C3)C1)C2. The first-order valence-corrected chi connectivity index (χ1v) is 11.3. The van der Waals surface area contributed by atoms with E-state index >= 15 is 0 Å². The van der Waals surface area contributed by atoms with Crippen molar-refractivity contribution in [3.8, 4) is 0 Å². The van der Waals surface area contributed by atoms with E-state index < -0.39 is 26.6 Å². The summed E-state index contributed by atoms with van der Waals surface area (Å²) in [4.78, 5) is -0.580. The van der Waals surface area contributed by atoms with E-state index in [1.807, 2.05) is 6.92 Å². The molecule has 0 aromatic heterocycles. The van der Waals surface area contributed by atoms with E-state index in [9.17, 15) is 17.2 Å². The first kappa shape index (κ1) is 18.4. The fourth-order valence-electron chi connectivity index (χ4n) is 6.32. The van der Waals surface area contributed by atoms with Crippen LogP contribution in [0.2, 0.25) is 0 Å². The monoisotopic (exact) mass is 383 g/mol. The van der Waals surface area contributed by atoms with Crippen LogP contribution in [0.5, 0.6) is 0 Å². The highest BCUT2D eigenvalue weighted by Crippen LogP contribution is 2.61. The summed E-state index contributed by atoms with van der Waals surface area (Å²) in [6.45, 7) is 2.05. The molecule has 4 saturated carbocycles. The second-order valence-corrected chi connectivity index (χ2v) is 10.5. The Hall–Kier alpha value is -1.01. The van der Waals surface area contributed by atoms with Gasteiger partial charge in [-0.05, 0) is 86.3 Å². The number of nitrogens with one attached hydrogen (secondary N) is 1. The molecule has 0 spiro atoms. The third-order valence-corrected chi connectivity index (χ3v) is 8.37. The molecule has 0 aliphatic heterocycles. The van der Waals surface area contributed by atoms with E-state index in [-0.39, 0.29) is 11.5 Å². The molecule has 5 rings (SSSR count). The zero-order chi connectivity index (χ0) is 18.5. The molecule has 3 nitrogen and oxygen atoms in total. The van der Waals surface area contributed by atoms with Gasteiger partial charge in [0.1, 0.15) is 16.5 Å². The molecule has 144 valence electrons.